The van der Waals surface area contributed by atoms with E-state index in [1.807, 2.05) is 27.7 Å². The number of alkyl halides is 3. The Hall–Kier alpha value is -1.04. The first-order valence-electron chi connectivity index (χ1n) is 6.50. The Balaban J connectivity index is 2.59. The van der Waals surface area contributed by atoms with E-state index in [1.165, 1.54) is 4.57 Å². The van der Waals surface area contributed by atoms with Crippen molar-refractivity contribution in [2.24, 2.45) is 5.41 Å². The van der Waals surface area contributed by atoms with Gasteiger partial charge in [-0.25, -0.2) is 4.98 Å². The molecule has 1 aliphatic heterocycles. The van der Waals surface area contributed by atoms with Gasteiger partial charge in [-0.2, -0.15) is 13.2 Å². The molecule has 0 fully saturated rings. The van der Waals surface area contributed by atoms with Gasteiger partial charge in [0.15, 0.2) is 0 Å². The number of hydrogen-bond acceptors (Lipinski definition) is 2. The molecule has 1 atom stereocenters. The number of aromatic nitrogens is 2. The maximum atomic E-state index is 13.2. The third-order valence-electron chi connectivity index (χ3n) is 3.82. The number of rotatable bonds is 1. The molecule has 0 saturated heterocycles. The average molecular weight is 275 g/mol. The second-order valence-corrected chi connectivity index (χ2v) is 6.17. The summed E-state index contributed by atoms with van der Waals surface area (Å²) in [6.45, 7) is 8.80. The van der Waals surface area contributed by atoms with Crippen LogP contribution >= 0.6 is 0 Å². The van der Waals surface area contributed by atoms with Gasteiger partial charge in [0.2, 0.25) is 5.82 Å². The molecule has 0 aromatic carbocycles. The molecule has 1 N–H and O–H groups in total. The molecule has 3 nitrogen and oxygen atoms in total. The second kappa shape index (κ2) is 4.51. The molecular formula is C13H20F3N3. The predicted octanol–water partition coefficient (Wildman–Crippen LogP) is 3.15. The van der Waals surface area contributed by atoms with Crippen molar-refractivity contribution in [3.8, 4) is 0 Å². The molecule has 1 aromatic rings. The summed E-state index contributed by atoms with van der Waals surface area (Å²) in [6.07, 6.45) is -3.81. The predicted molar refractivity (Wildman–Crippen MR) is 66.8 cm³/mol. The molecule has 6 heteroatoms. The largest absolute Gasteiger partial charge is 0.449 e. The minimum Gasteiger partial charge on any atom is -0.321 e. The molecule has 1 aromatic heterocycles. The summed E-state index contributed by atoms with van der Waals surface area (Å²) in [4.78, 5) is 3.83. The van der Waals surface area contributed by atoms with Crippen molar-refractivity contribution < 1.29 is 13.2 Å². The van der Waals surface area contributed by atoms with E-state index in [4.69, 9.17) is 0 Å². The highest BCUT2D eigenvalue weighted by Gasteiger charge is 2.41. The quantitative estimate of drug-likeness (QED) is 0.853. The Labute approximate surface area is 111 Å². The molecule has 2 rings (SSSR count). The highest BCUT2D eigenvalue weighted by molar-refractivity contribution is 5.23. The minimum atomic E-state index is -4.41. The molecule has 0 amide bonds. The molecule has 1 unspecified atom stereocenters. The Morgan fingerprint density at radius 2 is 1.89 bits per heavy atom. The highest BCUT2D eigenvalue weighted by Crippen LogP contribution is 2.39. The maximum Gasteiger partial charge on any atom is 0.449 e. The Morgan fingerprint density at radius 3 is 2.42 bits per heavy atom. The van der Waals surface area contributed by atoms with E-state index >= 15 is 0 Å². The fraction of sp³-hybridized carbons (Fsp3) is 0.769. The van der Waals surface area contributed by atoms with Crippen molar-refractivity contribution in [2.75, 3.05) is 6.54 Å². The van der Waals surface area contributed by atoms with Crippen molar-refractivity contribution in [1.29, 1.82) is 0 Å². The first kappa shape index (κ1) is 14.4. The number of halogens is 3. The lowest BCUT2D eigenvalue weighted by atomic mass is 9.87. The summed E-state index contributed by atoms with van der Waals surface area (Å²) >= 11 is 0. The first-order valence-corrected chi connectivity index (χ1v) is 6.50. The van der Waals surface area contributed by atoms with E-state index in [0.717, 1.165) is 5.69 Å². The topological polar surface area (TPSA) is 29.9 Å². The molecule has 1 aliphatic rings. The molecule has 108 valence electrons. The van der Waals surface area contributed by atoms with Gasteiger partial charge in [0, 0.05) is 31.2 Å². The molecule has 0 bridgehead atoms. The normalized spacial score (nSPS) is 18.3. The summed E-state index contributed by atoms with van der Waals surface area (Å²) in [7, 11) is 0. The van der Waals surface area contributed by atoms with E-state index in [0.29, 0.717) is 25.2 Å². The number of hydrogen-bond donors (Lipinski definition) is 1. The van der Waals surface area contributed by atoms with Gasteiger partial charge in [-0.15, -0.1) is 0 Å². The standard InChI is InChI=1S/C13H20F3N3/c1-8(12(2,3)4)19-10-5-6-17-7-9(10)18-11(19)13(14,15)16/h8,17H,5-7H2,1-4H3. The van der Waals surface area contributed by atoms with Gasteiger partial charge in [-0.1, -0.05) is 20.8 Å². The SMILES string of the molecule is CC(n1c(C(F)(F)F)nc2c1CCNC2)C(C)(C)C. The Kier molecular flexibility index (Phi) is 3.41. The summed E-state index contributed by atoms with van der Waals surface area (Å²) < 4.78 is 40.9. The lowest BCUT2D eigenvalue weighted by molar-refractivity contribution is -0.148. The molecule has 19 heavy (non-hydrogen) atoms. The van der Waals surface area contributed by atoms with Gasteiger partial charge in [0.1, 0.15) is 0 Å². The zero-order chi connectivity index (χ0) is 14.4. The molecule has 2 heterocycles. The highest BCUT2D eigenvalue weighted by atomic mass is 19.4. The van der Waals surface area contributed by atoms with Gasteiger partial charge >= 0.3 is 6.18 Å². The lowest BCUT2D eigenvalue weighted by Crippen LogP contribution is -2.30. The monoisotopic (exact) mass is 275 g/mol. The van der Waals surface area contributed by atoms with Crippen molar-refractivity contribution in [3.63, 3.8) is 0 Å². The summed E-state index contributed by atoms with van der Waals surface area (Å²) in [5.41, 5.74) is 1.02. The van der Waals surface area contributed by atoms with E-state index < -0.39 is 12.0 Å². The van der Waals surface area contributed by atoms with Gasteiger partial charge in [-0.3, -0.25) is 0 Å². The van der Waals surface area contributed by atoms with Crippen molar-refractivity contribution in [3.05, 3.63) is 17.2 Å². The molecule has 0 saturated carbocycles. The number of nitrogens with zero attached hydrogens (tertiary/aromatic N) is 2. The number of imidazole rings is 1. The number of fused-ring (bicyclic) bond motifs is 1. The zero-order valence-corrected chi connectivity index (χ0v) is 11.7. The van der Waals surface area contributed by atoms with Crippen molar-refractivity contribution in [2.45, 2.75) is 52.9 Å². The van der Waals surface area contributed by atoms with Gasteiger partial charge in [-0.05, 0) is 12.3 Å². The third kappa shape index (κ3) is 2.63. The van der Waals surface area contributed by atoms with E-state index in [9.17, 15) is 13.2 Å². The number of nitrogens with one attached hydrogen (secondary N) is 1. The van der Waals surface area contributed by atoms with Crippen LogP contribution in [0.25, 0.3) is 0 Å². The summed E-state index contributed by atoms with van der Waals surface area (Å²) in [6, 6.07) is -0.251. The molecular weight excluding hydrogens is 255 g/mol. The minimum absolute atomic E-state index is 0.251. The fourth-order valence-electron chi connectivity index (χ4n) is 2.34. The van der Waals surface area contributed by atoms with Crippen LogP contribution in [0.5, 0.6) is 0 Å². The second-order valence-electron chi connectivity index (χ2n) is 6.17. The van der Waals surface area contributed by atoms with Gasteiger partial charge in [0.05, 0.1) is 5.69 Å². The lowest BCUT2D eigenvalue weighted by Gasteiger charge is -2.32. The van der Waals surface area contributed by atoms with Crippen LogP contribution < -0.4 is 5.32 Å². The first-order chi connectivity index (χ1) is 8.62. The van der Waals surface area contributed by atoms with E-state index in [-0.39, 0.29) is 11.5 Å². The Morgan fingerprint density at radius 1 is 1.26 bits per heavy atom. The van der Waals surface area contributed by atoms with Crippen LogP contribution in [0.15, 0.2) is 0 Å². The van der Waals surface area contributed by atoms with Crippen LogP contribution in [-0.2, 0) is 19.1 Å². The fourth-order valence-corrected chi connectivity index (χ4v) is 2.34. The van der Waals surface area contributed by atoms with E-state index in [2.05, 4.69) is 10.3 Å². The summed E-state index contributed by atoms with van der Waals surface area (Å²) in [5, 5.41) is 3.07. The van der Waals surface area contributed by atoms with Gasteiger partial charge < -0.3 is 9.88 Å². The summed E-state index contributed by atoms with van der Waals surface area (Å²) in [5.74, 6) is -0.761. The zero-order valence-electron chi connectivity index (χ0n) is 11.7. The van der Waals surface area contributed by atoms with Crippen LogP contribution in [0.2, 0.25) is 0 Å². The van der Waals surface area contributed by atoms with Crippen LogP contribution in [0.3, 0.4) is 0 Å². The van der Waals surface area contributed by atoms with Crippen LogP contribution in [0.1, 0.15) is 50.9 Å². The van der Waals surface area contributed by atoms with E-state index in [1.54, 1.807) is 0 Å². The molecule has 0 radical (unpaired) electrons. The Bertz CT molecular complexity index is 469. The molecule has 0 spiro atoms. The van der Waals surface area contributed by atoms with Crippen LogP contribution in [-0.4, -0.2) is 16.1 Å². The van der Waals surface area contributed by atoms with Crippen LogP contribution in [0.4, 0.5) is 13.2 Å². The molecule has 0 aliphatic carbocycles. The van der Waals surface area contributed by atoms with Crippen molar-refractivity contribution in [1.82, 2.24) is 14.9 Å². The third-order valence-corrected chi connectivity index (χ3v) is 3.82. The van der Waals surface area contributed by atoms with Crippen LogP contribution in [0, 0.1) is 5.41 Å². The van der Waals surface area contributed by atoms with Gasteiger partial charge in [0.25, 0.3) is 0 Å². The average Bonchev–Trinajstić information content (AvgIpc) is 2.65. The van der Waals surface area contributed by atoms with Crippen molar-refractivity contribution >= 4 is 0 Å². The smallest absolute Gasteiger partial charge is 0.321 e. The maximum absolute atomic E-state index is 13.2.